The molecule has 0 fully saturated rings. The molecule has 3 N–H and O–H groups in total. The lowest BCUT2D eigenvalue weighted by Gasteiger charge is -2.23. The molecule has 2 aromatic carbocycles. The van der Waals surface area contributed by atoms with Crippen LogP contribution in [0.25, 0.3) is 0 Å². The second kappa shape index (κ2) is 6.75. The van der Waals surface area contributed by atoms with E-state index in [2.05, 4.69) is 0 Å². The van der Waals surface area contributed by atoms with Crippen molar-refractivity contribution in [3.8, 4) is 0 Å². The Hall–Kier alpha value is -1.13. The summed E-state index contributed by atoms with van der Waals surface area (Å²) >= 11 is 11.9. The van der Waals surface area contributed by atoms with Gasteiger partial charge in [-0.25, -0.2) is 4.39 Å². The van der Waals surface area contributed by atoms with Gasteiger partial charge in [0.1, 0.15) is 5.82 Å². The van der Waals surface area contributed by atoms with Crippen LogP contribution in [0, 0.1) is 12.7 Å². The van der Waals surface area contributed by atoms with Crippen molar-refractivity contribution >= 4 is 23.2 Å². The molecule has 21 heavy (non-hydrogen) atoms. The van der Waals surface area contributed by atoms with Crippen LogP contribution in [0.3, 0.4) is 0 Å². The Kier molecular flexibility index (Phi) is 5.22. The maximum Gasteiger partial charge on any atom is 0.131 e. The van der Waals surface area contributed by atoms with Gasteiger partial charge >= 0.3 is 0 Å². The Labute approximate surface area is 133 Å². The number of nitrogens with two attached hydrogens (primary N) is 1. The minimum Gasteiger partial charge on any atom is -0.388 e. The van der Waals surface area contributed by atoms with Crippen molar-refractivity contribution in [2.45, 2.75) is 18.9 Å². The highest BCUT2D eigenvalue weighted by Crippen LogP contribution is 2.34. The van der Waals surface area contributed by atoms with Crippen LogP contribution in [0.5, 0.6) is 0 Å². The monoisotopic (exact) mass is 327 g/mol. The highest BCUT2D eigenvalue weighted by Gasteiger charge is 2.25. The summed E-state index contributed by atoms with van der Waals surface area (Å²) in [4.78, 5) is 0. The quantitative estimate of drug-likeness (QED) is 0.883. The SMILES string of the molecule is Cc1cccc(C(O)C(CN)c2ccc(Cl)c(Cl)c2)c1F. The molecule has 112 valence electrons. The molecular formula is C16H16Cl2FNO. The molecular weight excluding hydrogens is 312 g/mol. The number of aryl methyl sites for hydroxylation is 1. The van der Waals surface area contributed by atoms with Crippen molar-refractivity contribution in [2.24, 2.45) is 5.73 Å². The number of halogens is 3. The van der Waals surface area contributed by atoms with Gasteiger partial charge in [0.15, 0.2) is 0 Å². The molecule has 0 amide bonds. The summed E-state index contributed by atoms with van der Waals surface area (Å²) in [7, 11) is 0. The smallest absolute Gasteiger partial charge is 0.131 e. The first-order valence-corrected chi connectivity index (χ1v) is 7.29. The summed E-state index contributed by atoms with van der Waals surface area (Å²) in [6, 6.07) is 9.96. The maximum atomic E-state index is 14.2. The van der Waals surface area contributed by atoms with Crippen LogP contribution in [0.1, 0.15) is 28.7 Å². The highest BCUT2D eigenvalue weighted by molar-refractivity contribution is 6.42. The molecule has 2 atom stereocenters. The van der Waals surface area contributed by atoms with E-state index in [1.807, 2.05) is 0 Å². The Morgan fingerprint density at radius 3 is 2.52 bits per heavy atom. The fourth-order valence-electron chi connectivity index (χ4n) is 2.31. The third kappa shape index (κ3) is 3.38. The number of hydrogen-bond acceptors (Lipinski definition) is 2. The Morgan fingerprint density at radius 2 is 1.90 bits per heavy atom. The van der Waals surface area contributed by atoms with E-state index in [-0.39, 0.29) is 12.1 Å². The first kappa shape index (κ1) is 16.2. The van der Waals surface area contributed by atoms with E-state index in [4.69, 9.17) is 28.9 Å². The maximum absolute atomic E-state index is 14.2. The van der Waals surface area contributed by atoms with Crippen LogP contribution in [-0.2, 0) is 0 Å². The summed E-state index contributed by atoms with van der Waals surface area (Å²) in [6.07, 6.45) is -1.05. The fourth-order valence-corrected chi connectivity index (χ4v) is 2.61. The number of hydrogen-bond donors (Lipinski definition) is 2. The topological polar surface area (TPSA) is 46.2 Å². The van der Waals surface area contributed by atoms with Crippen LogP contribution in [-0.4, -0.2) is 11.7 Å². The van der Waals surface area contributed by atoms with Crippen molar-refractivity contribution in [1.29, 1.82) is 0 Å². The molecule has 2 aromatic rings. The van der Waals surface area contributed by atoms with E-state index >= 15 is 0 Å². The van der Waals surface area contributed by atoms with Crippen LogP contribution >= 0.6 is 23.2 Å². The molecule has 0 bridgehead atoms. The molecule has 0 saturated carbocycles. The molecule has 0 aliphatic heterocycles. The largest absolute Gasteiger partial charge is 0.388 e. The van der Waals surface area contributed by atoms with E-state index in [1.54, 1.807) is 43.3 Å². The van der Waals surface area contributed by atoms with Gasteiger partial charge in [0.2, 0.25) is 0 Å². The molecule has 0 aromatic heterocycles. The van der Waals surface area contributed by atoms with E-state index in [0.717, 1.165) is 5.56 Å². The molecule has 2 unspecified atom stereocenters. The number of aliphatic hydroxyl groups is 1. The molecule has 0 saturated heterocycles. The number of aliphatic hydroxyl groups excluding tert-OH is 1. The van der Waals surface area contributed by atoms with Crippen molar-refractivity contribution in [3.63, 3.8) is 0 Å². The predicted molar refractivity (Wildman–Crippen MR) is 84.4 cm³/mol. The molecule has 2 nitrogen and oxygen atoms in total. The molecule has 2 rings (SSSR count). The third-order valence-corrected chi connectivity index (χ3v) is 4.29. The van der Waals surface area contributed by atoms with Crippen LogP contribution < -0.4 is 5.73 Å². The van der Waals surface area contributed by atoms with Gasteiger partial charge in [-0.3, -0.25) is 0 Å². The van der Waals surface area contributed by atoms with Crippen molar-refractivity contribution in [1.82, 2.24) is 0 Å². The van der Waals surface area contributed by atoms with E-state index in [9.17, 15) is 9.50 Å². The van der Waals surface area contributed by atoms with Gasteiger partial charge in [-0.2, -0.15) is 0 Å². The lowest BCUT2D eigenvalue weighted by molar-refractivity contribution is 0.143. The van der Waals surface area contributed by atoms with E-state index in [0.29, 0.717) is 15.6 Å². The predicted octanol–water partition coefficient (Wildman–Crippen LogP) is 4.22. The van der Waals surface area contributed by atoms with Gasteiger partial charge in [-0.05, 0) is 30.2 Å². The van der Waals surface area contributed by atoms with Gasteiger partial charge in [-0.1, -0.05) is 47.5 Å². The average molecular weight is 328 g/mol. The summed E-state index contributed by atoms with van der Waals surface area (Å²) < 4.78 is 14.2. The van der Waals surface area contributed by atoms with Crippen LogP contribution in [0.2, 0.25) is 10.0 Å². The van der Waals surface area contributed by atoms with Crippen molar-refractivity contribution < 1.29 is 9.50 Å². The first-order chi connectivity index (χ1) is 9.95. The zero-order valence-corrected chi connectivity index (χ0v) is 13.0. The minimum atomic E-state index is -1.05. The van der Waals surface area contributed by atoms with Gasteiger partial charge in [0, 0.05) is 18.0 Å². The molecule has 0 radical (unpaired) electrons. The molecule has 5 heteroatoms. The Balaban J connectivity index is 2.40. The lowest BCUT2D eigenvalue weighted by atomic mass is 9.88. The van der Waals surface area contributed by atoms with Crippen LogP contribution in [0.15, 0.2) is 36.4 Å². The lowest BCUT2D eigenvalue weighted by Crippen LogP contribution is -2.21. The second-order valence-electron chi connectivity index (χ2n) is 4.94. The molecule has 0 aliphatic carbocycles. The van der Waals surface area contributed by atoms with Gasteiger partial charge in [0.25, 0.3) is 0 Å². The zero-order valence-electron chi connectivity index (χ0n) is 11.5. The number of rotatable bonds is 4. The number of benzene rings is 2. The fraction of sp³-hybridized carbons (Fsp3) is 0.250. The molecule has 0 aliphatic rings. The second-order valence-corrected chi connectivity index (χ2v) is 5.75. The van der Waals surface area contributed by atoms with E-state index < -0.39 is 17.8 Å². The van der Waals surface area contributed by atoms with Crippen LogP contribution in [0.4, 0.5) is 4.39 Å². The van der Waals surface area contributed by atoms with Gasteiger partial charge < -0.3 is 10.8 Å². The van der Waals surface area contributed by atoms with Gasteiger partial charge in [0.05, 0.1) is 16.1 Å². The minimum absolute atomic E-state index is 0.159. The zero-order chi connectivity index (χ0) is 15.6. The summed E-state index contributed by atoms with van der Waals surface area (Å²) in [5.41, 5.74) is 7.20. The van der Waals surface area contributed by atoms with Crippen molar-refractivity contribution in [3.05, 3.63) is 69.0 Å². The standard InChI is InChI=1S/C16H16Cl2FNO/c1-9-3-2-4-11(15(9)19)16(21)12(8-20)10-5-6-13(17)14(18)7-10/h2-7,12,16,21H,8,20H2,1H3. The summed E-state index contributed by atoms with van der Waals surface area (Å²) in [6.45, 7) is 1.81. The van der Waals surface area contributed by atoms with Crippen molar-refractivity contribution in [2.75, 3.05) is 6.54 Å². The third-order valence-electron chi connectivity index (χ3n) is 3.55. The Bertz CT molecular complexity index is 648. The summed E-state index contributed by atoms with van der Waals surface area (Å²) in [5.74, 6) is -0.875. The first-order valence-electron chi connectivity index (χ1n) is 6.53. The average Bonchev–Trinajstić information content (AvgIpc) is 2.46. The normalized spacial score (nSPS) is 14.0. The molecule has 0 heterocycles. The van der Waals surface area contributed by atoms with E-state index in [1.165, 1.54) is 0 Å². The molecule has 0 spiro atoms. The highest BCUT2D eigenvalue weighted by atomic mass is 35.5. The summed E-state index contributed by atoms with van der Waals surface area (Å²) in [5, 5.41) is 11.3. The Morgan fingerprint density at radius 1 is 1.19 bits per heavy atom. The van der Waals surface area contributed by atoms with Gasteiger partial charge in [-0.15, -0.1) is 0 Å².